The van der Waals surface area contributed by atoms with Crippen LogP contribution in [0.3, 0.4) is 0 Å². The normalized spacial score (nSPS) is 14.9. The average molecular weight is 499 g/mol. The number of benzene rings is 2. The van der Waals surface area contributed by atoms with Crippen LogP contribution < -0.4 is 10.6 Å². The number of phenolic OH excluding ortho intramolecular Hbond substituents is 1. The Labute approximate surface area is 207 Å². The van der Waals surface area contributed by atoms with Crippen LogP contribution in [0.4, 0.5) is 11.5 Å². The largest absolute Gasteiger partial charge is 0.506 e. The zero-order chi connectivity index (χ0) is 24.6. The molecule has 0 saturated carbocycles. The lowest BCUT2D eigenvalue weighted by atomic mass is 9.78. The third kappa shape index (κ3) is 5.01. The molecule has 2 heterocycles. The third-order valence-electron chi connectivity index (χ3n) is 5.74. The smallest absolute Gasteiger partial charge is 0.259 e. The molecule has 1 aliphatic rings. The van der Waals surface area contributed by atoms with E-state index in [-0.39, 0.29) is 33.3 Å². The first kappa shape index (κ1) is 24.0. The fourth-order valence-corrected chi connectivity index (χ4v) is 4.64. The molecule has 0 unspecified atom stereocenters. The maximum atomic E-state index is 13.2. The van der Waals surface area contributed by atoms with Crippen molar-refractivity contribution in [3.05, 3.63) is 81.0 Å². The molecule has 2 aromatic carbocycles. The van der Waals surface area contributed by atoms with Crippen LogP contribution in [0.1, 0.15) is 45.7 Å². The van der Waals surface area contributed by atoms with E-state index in [0.717, 1.165) is 18.7 Å². The lowest BCUT2D eigenvalue weighted by Crippen LogP contribution is -2.40. The van der Waals surface area contributed by atoms with Crippen LogP contribution >= 0.6 is 23.2 Å². The summed E-state index contributed by atoms with van der Waals surface area (Å²) in [5.41, 5.74) is 2.52. The summed E-state index contributed by atoms with van der Waals surface area (Å²) in [6.07, 6.45) is 1.39. The highest BCUT2D eigenvalue weighted by molar-refractivity contribution is 6.32. The van der Waals surface area contributed by atoms with Crippen molar-refractivity contribution in [3.8, 4) is 5.75 Å². The number of rotatable bonds is 4. The average Bonchev–Trinajstić information content (AvgIpc) is 2.76. The predicted octanol–water partition coefficient (Wildman–Crippen LogP) is 5.32. The Bertz CT molecular complexity index is 1280. The third-order valence-corrected chi connectivity index (χ3v) is 6.18. The van der Waals surface area contributed by atoms with Gasteiger partial charge in [-0.05, 0) is 48.5 Å². The molecule has 0 bridgehead atoms. The first-order valence-electron chi connectivity index (χ1n) is 10.6. The zero-order valence-electron chi connectivity index (χ0n) is 18.9. The minimum atomic E-state index is -0.600. The Morgan fingerprint density at radius 2 is 1.79 bits per heavy atom. The number of aromatic nitrogens is 1. The number of nitrogens with one attached hydrogen (secondary N) is 2. The quantitative estimate of drug-likeness (QED) is 0.423. The van der Waals surface area contributed by atoms with Crippen LogP contribution in [-0.4, -0.2) is 40.4 Å². The first-order chi connectivity index (χ1) is 16.0. The topological polar surface area (TPSA) is 94.6 Å². The highest BCUT2D eigenvalue weighted by atomic mass is 35.5. The van der Waals surface area contributed by atoms with E-state index in [1.165, 1.54) is 30.0 Å². The van der Waals surface area contributed by atoms with Crippen LogP contribution in [0.5, 0.6) is 5.75 Å². The van der Waals surface area contributed by atoms with Crippen LogP contribution in [0.2, 0.25) is 10.0 Å². The number of fused-ring (bicyclic) bond motifs is 1. The van der Waals surface area contributed by atoms with E-state index >= 15 is 0 Å². The molecule has 1 aromatic heterocycles. The van der Waals surface area contributed by atoms with E-state index < -0.39 is 11.8 Å². The molecule has 0 aliphatic carbocycles. The Morgan fingerprint density at radius 1 is 1.03 bits per heavy atom. The molecule has 1 aliphatic heterocycles. The Kier molecular flexibility index (Phi) is 6.53. The van der Waals surface area contributed by atoms with Gasteiger partial charge in [-0.25, -0.2) is 4.98 Å². The number of likely N-dealkylation sites (N-methyl/N-ethyl adjacent to an activating group) is 1. The summed E-state index contributed by atoms with van der Waals surface area (Å²) in [4.78, 5) is 32.4. The molecule has 2 amide bonds. The number of hydrogen-bond acceptors (Lipinski definition) is 5. The van der Waals surface area contributed by atoms with Crippen molar-refractivity contribution in [2.45, 2.75) is 25.8 Å². The lowest BCUT2D eigenvalue weighted by Gasteiger charge is -2.38. The van der Waals surface area contributed by atoms with E-state index in [1.807, 2.05) is 12.1 Å². The van der Waals surface area contributed by atoms with E-state index in [0.29, 0.717) is 10.6 Å². The van der Waals surface area contributed by atoms with E-state index in [4.69, 9.17) is 23.2 Å². The predicted molar refractivity (Wildman–Crippen MR) is 134 cm³/mol. The van der Waals surface area contributed by atoms with Gasteiger partial charge < -0.3 is 20.6 Å². The molecule has 0 radical (unpaired) electrons. The van der Waals surface area contributed by atoms with Gasteiger partial charge in [0.1, 0.15) is 11.6 Å². The first-order valence-corrected chi connectivity index (χ1v) is 11.4. The van der Waals surface area contributed by atoms with Gasteiger partial charge in [-0.3, -0.25) is 9.59 Å². The summed E-state index contributed by atoms with van der Waals surface area (Å²) in [6.45, 7) is 5.96. The number of phenols is 1. The van der Waals surface area contributed by atoms with Crippen LogP contribution in [-0.2, 0) is 12.0 Å². The van der Waals surface area contributed by atoms with Gasteiger partial charge in [-0.1, -0.05) is 43.1 Å². The minimum Gasteiger partial charge on any atom is -0.506 e. The van der Waals surface area contributed by atoms with Gasteiger partial charge in [0, 0.05) is 41.4 Å². The van der Waals surface area contributed by atoms with E-state index in [1.54, 1.807) is 12.1 Å². The number of pyridine rings is 1. The number of nitrogens with zero attached hydrogens (tertiary/aromatic N) is 2. The maximum Gasteiger partial charge on any atom is 0.259 e. The molecule has 4 rings (SSSR count). The number of amides is 2. The summed E-state index contributed by atoms with van der Waals surface area (Å²) in [6, 6.07) is 11.3. The molecular weight excluding hydrogens is 475 g/mol. The maximum absolute atomic E-state index is 13.2. The fraction of sp³-hybridized carbons (Fsp3) is 0.240. The molecule has 0 atom stereocenters. The van der Waals surface area contributed by atoms with Crippen molar-refractivity contribution >= 4 is 46.5 Å². The van der Waals surface area contributed by atoms with Gasteiger partial charge >= 0.3 is 0 Å². The van der Waals surface area contributed by atoms with Gasteiger partial charge in [0.2, 0.25) is 0 Å². The molecule has 3 aromatic rings. The molecule has 3 N–H and O–H groups in total. The zero-order valence-corrected chi connectivity index (χ0v) is 20.5. The number of halogens is 2. The Hall–Kier alpha value is -3.13. The number of aromatic hydroxyl groups is 1. The highest BCUT2D eigenvalue weighted by Crippen LogP contribution is 2.35. The van der Waals surface area contributed by atoms with Crippen LogP contribution in [0.25, 0.3) is 0 Å². The summed E-state index contributed by atoms with van der Waals surface area (Å²) in [5.74, 6) is -1.12. The summed E-state index contributed by atoms with van der Waals surface area (Å²) in [7, 11) is 2.07. The lowest BCUT2D eigenvalue weighted by molar-refractivity contribution is 0.102. The second kappa shape index (κ2) is 9.25. The number of hydrogen-bond donors (Lipinski definition) is 3. The van der Waals surface area contributed by atoms with Crippen molar-refractivity contribution in [1.29, 1.82) is 0 Å². The van der Waals surface area contributed by atoms with Gasteiger partial charge in [0.05, 0.1) is 16.3 Å². The monoisotopic (exact) mass is 498 g/mol. The van der Waals surface area contributed by atoms with Crippen molar-refractivity contribution < 1.29 is 14.7 Å². The molecule has 176 valence electrons. The molecule has 7 nitrogen and oxygen atoms in total. The second-order valence-corrected chi connectivity index (χ2v) is 9.92. The fourth-order valence-electron chi connectivity index (χ4n) is 4.31. The second-order valence-electron chi connectivity index (χ2n) is 9.05. The summed E-state index contributed by atoms with van der Waals surface area (Å²) >= 11 is 11.9. The van der Waals surface area contributed by atoms with E-state index in [9.17, 15) is 14.7 Å². The van der Waals surface area contributed by atoms with Crippen molar-refractivity contribution in [1.82, 2.24) is 9.88 Å². The molecule has 34 heavy (non-hydrogen) atoms. The van der Waals surface area contributed by atoms with Crippen molar-refractivity contribution in [2.24, 2.45) is 0 Å². The standard InChI is InChI=1S/C25H24Cl2N4O3/c1-25(2)13-31(3)12-15-5-4-14(8-19(15)25)23(33)30-22-18(9-17(27)10-20(22)32)24(34)29-21-7-6-16(26)11-28-21/h4-11,32H,12-13H2,1-3H3,(H,30,33)(H,28,29,34). The number of carbonyl (C=O) groups excluding carboxylic acids is 2. The van der Waals surface area contributed by atoms with Crippen molar-refractivity contribution in [3.63, 3.8) is 0 Å². The Morgan fingerprint density at radius 3 is 2.50 bits per heavy atom. The molecule has 0 spiro atoms. The highest BCUT2D eigenvalue weighted by Gasteiger charge is 2.31. The molecule has 9 heteroatoms. The Balaban J connectivity index is 1.63. The number of anilines is 2. The molecule has 0 saturated heterocycles. The van der Waals surface area contributed by atoms with Gasteiger partial charge in [-0.15, -0.1) is 0 Å². The van der Waals surface area contributed by atoms with Crippen molar-refractivity contribution in [2.75, 3.05) is 24.2 Å². The number of carbonyl (C=O) groups is 2. The van der Waals surface area contributed by atoms with Gasteiger partial charge in [0.25, 0.3) is 11.8 Å². The summed E-state index contributed by atoms with van der Waals surface area (Å²) in [5, 5.41) is 16.4. The van der Waals surface area contributed by atoms with Crippen LogP contribution in [0.15, 0.2) is 48.7 Å². The molecule has 0 fully saturated rings. The van der Waals surface area contributed by atoms with E-state index in [2.05, 4.69) is 41.4 Å². The SMILES string of the molecule is CN1Cc2ccc(C(=O)Nc3c(O)cc(Cl)cc3C(=O)Nc3ccc(Cl)cn3)cc2C(C)(C)C1. The van der Waals surface area contributed by atoms with Gasteiger partial charge in [0.15, 0.2) is 0 Å². The van der Waals surface area contributed by atoms with Crippen LogP contribution in [0, 0.1) is 0 Å². The minimum absolute atomic E-state index is 0.00462. The van der Waals surface area contributed by atoms with Gasteiger partial charge in [-0.2, -0.15) is 0 Å². The summed E-state index contributed by atoms with van der Waals surface area (Å²) < 4.78 is 0. The molecular formula is C25H24Cl2N4O3.